The van der Waals surface area contributed by atoms with Crippen LogP contribution < -0.4 is 21.7 Å². The van der Waals surface area contributed by atoms with E-state index in [1.807, 2.05) is 0 Å². The zero-order valence-corrected chi connectivity index (χ0v) is 13.8. The summed E-state index contributed by atoms with van der Waals surface area (Å²) in [6.07, 6.45) is 1.89. The van der Waals surface area contributed by atoms with Gasteiger partial charge in [0.05, 0.1) is 19.3 Å². The van der Waals surface area contributed by atoms with Gasteiger partial charge in [-0.1, -0.05) is 12.5 Å². The zero-order valence-electron chi connectivity index (χ0n) is 11.0. The summed E-state index contributed by atoms with van der Waals surface area (Å²) >= 11 is 0. The van der Waals surface area contributed by atoms with Gasteiger partial charge in [0.2, 0.25) is 11.8 Å². The van der Waals surface area contributed by atoms with Crippen LogP contribution in [0.4, 0.5) is 0 Å². The number of hydrogen-bond donors (Lipinski definition) is 4. The molecule has 0 spiro atoms. The van der Waals surface area contributed by atoms with E-state index in [1.165, 1.54) is 0 Å². The molecule has 2 amide bonds. The third-order valence-corrected chi connectivity index (χ3v) is 2.72. The van der Waals surface area contributed by atoms with Crippen LogP contribution in [-0.4, -0.2) is 49.2 Å². The number of nitrogens with two attached hydrogens (primary N) is 1. The maximum Gasteiger partial charge on any atom is 0.223 e. The molecule has 2 atom stereocenters. The van der Waals surface area contributed by atoms with Crippen molar-refractivity contribution in [1.82, 2.24) is 16.0 Å². The zero-order chi connectivity index (χ0) is 14.3. The smallest absolute Gasteiger partial charge is 0.223 e. The van der Waals surface area contributed by atoms with Gasteiger partial charge in [-0.15, -0.1) is 0 Å². The van der Waals surface area contributed by atoms with Gasteiger partial charge in [0.15, 0.2) is 5.78 Å². The fourth-order valence-electron chi connectivity index (χ4n) is 1.55. The van der Waals surface area contributed by atoms with Crippen LogP contribution in [0.1, 0.15) is 19.3 Å². The van der Waals surface area contributed by atoms with E-state index < -0.39 is 18.0 Å². The predicted molar refractivity (Wildman–Crippen MR) is 65.5 cm³/mol. The molecule has 8 nitrogen and oxygen atoms in total. The Bertz CT molecular complexity index is 377. The van der Waals surface area contributed by atoms with Crippen molar-refractivity contribution in [3.05, 3.63) is 0 Å². The number of rotatable bonds is 1. The summed E-state index contributed by atoms with van der Waals surface area (Å²) in [6, 6.07) is -1.64. The van der Waals surface area contributed by atoms with Crippen molar-refractivity contribution in [1.29, 1.82) is 0 Å². The molecule has 0 aliphatic carbocycles. The summed E-state index contributed by atoms with van der Waals surface area (Å²) in [5.74, 6) is -1.08. The van der Waals surface area contributed by atoms with Crippen LogP contribution in [0.3, 0.4) is 0 Å². The molecule has 2 unspecified atom stereocenters. The summed E-state index contributed by atoms with van der Waals surface area (Å²) in [4.78, 5) is 45.0. The predicted octanol–water partition coefficient (Wildman–Crippen LogP) is -2.68. The largest absolute Gasteiger partial charge is 0.540 e. The number of Topliss-reactive ketones (excluding diaryl/α,β-unsaturated/α-hetero) is 1. The normalized spacial score (nSPS) is 25.9. The van der Waals surface area contributed by atoms with E-state index in [0.29, 0.717) is 0 Å². The molecule has 109 valence electrons. The van der Waals surface area contributed by atoms with E-state index in [2.05, 4.69) is 16.0 Å². The van der Waals surface area contributed by atoms with Crippen molar-refractivity contribution in [2.24, 2.45) is 5.73 Å². The first-order valence-corrected chi connectivity index (χ1v) is 5.95. The quantitative estimate of drug-likeness (QED) is 0.378. The first-order chi connectivity index (χ1) is 9.02. The summed E-state index contributed by atoms with van der Waals surface area (Å²) in [7, 11) is 0. The van der Waals surface area contributed by atoms with Crippen molar-refractivity contribution in [2.45, 2.75) is 31.3 Å². The van der Waals surface area contributed by atoms with Gasteiger partial charge in [-0.3, -0.25) is 14.4 Å². The van der Waals surface area contributed by atoms with Gasteiger partial charge in [0, 0.05) is 45.6 Å². The maximum absolute atomic E-state index is 11.6. The minimum absolute atomic E-state index is 0. The Labute approximate surface area is 141 Å². The number of ketones is 1. The van der Waals surface area contributed by atoms with Gasteiger partial charge >= 0.3 is 0 Å². The monoisotopic (exact) mass is 358 g/mol. The summed E-state index contributed by atoms with van der Waals surface area (Å²) in [6.45, 7) is -0.155. The van der Waals surface area contributed by atoms with Crippen LogP contribution in [-0.2, 0) is 51.9 Å². The average Bonchev–Trinajstić information content (AvgIpc) is 2.38. The third-order valence-electron chi connectivity index (χ3n) is 2.72. The number of hydrogen-bond acceptors (Lipinski definition) is 6. The van der Waals surface area contributed by atoms with Crippen molar-refractivity contribution >= 4 is 23.9 Å². The Kier molecular flexibility index (Phi) is 9.74. The molecule has 1 fully saturated rings. The standard InChI is InChI=1S/C11H17N4O4.Y/c12-8-3-11(19)15-6-14-10(18)2-1-7(5-16)13-4-9(8)17;/h7-8,13H,1-4,6,12H2,(H,14,18)(H,15,19);/q-1;. The Morgan fingerprint density at radius 2 is 1.80 bits per heavy atom. The van der Waals surface area contributed by atoms with Crippen molar-refractivity contribution < 1.29 is 51.9 Å². The van der Waals surface area contributed by atoms with Crippen molar-refractivity contribution in [3.8, 4) is 0 Å². The van der Waals surface area contributed by atoms with Gasteiger partial charge in [-0.2, -0.15) is 0 Å². The first-order valence-electron chi connectivity index (χ1n) is 5.95. The minimum Gasteiger partial charge on any atom is -0.540 e. The number of amides is 2. The van der Waals surface area contributed by atoms with Gasteiger partial charge < -0.3 is 26.5 Å². The van der Waals surface area contributed by atoms with E-state index in [9.17, 15) is 19.2 Å². The van der Waals surface area contributed by atoms with Gasteiger partial charge in [0.25, 0.3) is 0 Å². The number of nitrogens with one attached hydrogen (secondary N) is 3. The molecule has 0 bridgehead atoms. The van der Waals surface area contributed by atoms with Crippen LogP contribution in [0.2, 0.25) is 0 Å². The average molecular weight is 358 g/mol. The van der Waals surface area contributed by atoms with Gasteiger partial charge in [-0.05, 0) is 0 Å². The Morgan fingerprint density at radius 1 is 1.15 bits per heavy atom. The van der Waals surface area contributed by atoms with Crippen LogP contribution in [0.15, 0.2) is 0 Å². The number of carbonyl (C=O) groups is 3. The van der Waals surface area contributed by atoms with Crippen LogP contribution in [0, 0.1) is 0 Å². The third kappa shape index (κ3) is 7.18. The summed E-state index contributed by atoms with van der Waals surface area (Å²) in [5.41, 5.74) is 5.57. The molecule has 0 aromatic rings. The van der Waals surface area contributed by atoms with Crippen LogP contribution >= 0.6 is 0 Å². The molecule has 1 aliphatic heterocycles. The Morgan fingerprint density at radius 3 is 2.45 bits per heavy atom. The number of carbonyl (C=O) groups excluding carboxylic acids is 4. The molecule has 0 aromatic carbocycles. The Balaban J connectivity index is 0.00000361. The molecule has 1 heterocycles. The molecular weight excluding hydrogens is 341 g/mol. The van der Waals surface area contributed by atoms with E-state index in [1.54, 1.807) is 6.29 Å². The topological polar surface area (TPSA) is 130 Å². The van der Waals surface area contributed by atoms with Crippen LogP contribution in [0.5, 0.6) is 0 Å². The molecule has 5 N–H and O–H groups in total. The second-order valence-corrected chi connectivity index (χ2v) is 4.24. The van der Waals surface area contributed by atoms with E-state index in [-0.39, 0.29) is 76.9 Å². The van der Waals surface area contributed by atoms with Gasteiger partial charge in [0.1, 0.15) is 0 Å². The molecule has 1 radical (unpaired) electrons. The maximum atomic E-state index is 11.6. The van der Waals surface area contributed by atoms with E-state index in [0.717, 1.165) is 0 Å². The molecule has 1 aliphatic rings. The fourth-order valence-corrected chi connectivity index (χ4v) is 1.55. The van der Waals surface area contributed by atoms with Gasteiger partial charge in [-0.25, -0.2) is 6.29 Å². The molecule has 1 saturated heterocycles. The molecule has 9 heteroatoms. The summed E-state index contributed by atoms with van der Waals surface area (Å²) < 4.78 is 0. The fraction of sp³-hybridized carbons (Fsp3) is 0.636. The second kappa shape index (κ2) is 10.1. The molecular formula is C11H17N4O4Y-. The first kappa shape index (κ1) is 19.3. The SMILES string of the molecule is NC1CC(=O)NCNC(=O)CCC([C-]=O)NCC1=O.[Y]. The van der Waals surface area contributed by atoms with E-state index in [4.69, 9.17) is 5.73 Å². The summed E-state index contributed by atoms with van der Waals surface area (Å²) in [5, 5.41) is 7.55. The molecule has 0 aromatic heterocycles. The molecule has 1 rings (SSSR count). The molecule has 20 heavy (non-hydrogen) atoms. The Hall–Kier alpha value is -0.696. The van der Waals surface area contributed by atoms with E-state index >= 15 is 0 Å². The van der Waals surface area contributed by atoms with Crippen molar-refractivity contribution in [3.63, 3.8) is 0 Å². The minimum atomic E-state index is -0.934. The van der Waals surface area contributed by atoms with Crippen LogP contribution in [0.25, 0.3) is 0 Å². The second-order valence-electron chi connectivity index (χ2n) is 4.24. The molecule has 0 saturated carbocycles. The van der Waals surface area contributed by atoms with Crippen molar-refractivity contribution in [2.75, 3.05) is 13.2 Å².